The highest BCUT2D eigenvalue weighted by molar-refractivity contribution is 6.65. The van der Waals surface area contributed by atoms with Gasteiger partial charge in [0.1, 0.15) is 0 Å². The Morgan fingerprint density at radius 3 is 1.73 bits per heavy atom. The molecule has 0 unspecified atom stereocenters. The molecule has 0 aliphatic rings. The van der Waals surface area contributed by atoms with Gasteiger partial charge in [0.15, 0.2) is 0 Å². The molecule has 0 bridgehead atoms. The van der Waals surface area contributed by atoms with Crippen molar-refractivity contribution in [1.82, 2.24) is 0 Å². The molecule has 0 fully saturated rings. The van der Waals surface area contributed by atoms with Crippen molar-refractivity contribution >= 4 is 40.0 Å². The highest BCUT2D eigenvalue weighted by Crippen LogP contribution is 2.42. The van der Waals surface area contributed by atoms with E-state index in [1.807, 2.05) is 0 Å². The second-order valence-electron chi connectivity index (χ2n) is 1.73. The van der Waals surface area contributed by atoms with Crippen LogP contribution in [0.25, 0.3) is 0 Å². The van der Waals surface area contributed by atoms with Gasteiger partial charge in [-0.05, 0) is 11.6 Å². The maximum Gasteiger partial charge on any atom is 0.421 e. The van der Waals surface area contributed by atoms with Crippen LogP contribution in [0.1, 0.15) is 6.42 Å². The minimum absolute atomic E-state index is 1.15. The fraction of sp³-hybridized carbons (Fsp3) is 0.750. The van der Waals surface area contributed by atoms with Gasteiger partial charge in [-0.3, -0.25) is 4.79 Å². The SMILES string of the molecule is O=C(Cl)CC(Cl)(Cl)C(F)(F)F. The van der Waals surface area contributed by atoms with Crippen molar-refractivity contribution in [2.45, 2.75) is 16.9 Å². The average molecular weight is 229 g/mol. The van der Waals surface area contributed by atoms with Gasteiger partial charge < -0.3 is 0 Å². The zero-order chi connectivity index (χ0) is 9.28. The van der Waals surface area contributed by atoms with Gasteiger partial charge in [-0.1, -0.05) is 23.2 Å². The number of carbonyl (C=O) groups is 1. The van der Waals surface area contributed by atoms with Gasteiger partial charge in [-0.15, -0.1) is 0 Å². The summed E-state index contributed by atoms with van der Waals surface area (Å²) in [7, 11) is 0. The van der Waals surface area contributed by atoms with E-state index < -0.39 is 22.2 Å². The summed E-state index contributed by atoms with van der Waals surface area (Å²) in [5.41, 5.74) is 0. The molecule has 11 heavy (non-hydrogen) atoms. The summed E-state index contributed by atoms with van der Waals surface area (Å²) >= 11 is 14.1. The molecule has 0 rings (SSSR count). The maximum absolute atomic E-state index is 11.7. The molecule has 0 amide bonds. The van der Waals surface area contributed by atoms with E-state index in [0.29, 0.717) is 0 Å². The smallest absolute Gasteiger partial charge is 0.281 e. The molecule has 0 aromatic carbocycles. The monoisotopic (exact) mass is 228 g/mol. The summed E-state index contributed by atoms with van der Waals surface area (Å²) in [4.78, 5) is 10.0. The quantitative estimate of drug-likeness (QED) is 0.525. The topological polar surface area (TPSA) is 17.1 Å². The lowest BCUT2D eigenvalue weighted by Gasteiger charge is -2.20. The van der Waals surface area contributed by atoms with Crippen molar-refractivity contribution in [3.63, 3.8) is 0 Å². The first-order valence-electron chi connectivity index (χ1n) is 2.30. The van der Waals surface area contributed by atoms with Crippen molar-refractivity contribution in [2.75, 3.05) is 0 Å². The van der Waals surface area contributed by atoms with Gasteiger partial charge in [0, 0.05) is 0 Å². The predicted octanol–water partition coefficient (Wildman–Crippen LogP) is 2.88. The lowest BCUT2D eigenvalue weighted by Crippen LogP contribution is -2.35. The molecular formula is C4H2Cl3F3O. The van der Waals surface area contributed by atoms with Crippen LogP contribution >= 0.6 is 34.8 Å². The number of rotatable bonds is 2. The van der Waals surface area contributed by atoms with E-state index >= 15 is 0 Å². The Morgan fingerprint density at radius 1 is 1.27 bits per heavy atom. The summed E-state index contributed by atoms with van der Waals surface area (Å²) in [5, 5.41) is -1.23. The third kappa shape index (κ3) is 3.49. The minimum atomic E-state index is -4.85. The van der Waals surface area contributed by atoms with E-state index in [1.54, 1.807) is 0 Å². The first-order chi connectivity index (χ1) is 4.67. The van der Waals surface area contributed by atoms with Crippen LogP contribution in [0.2, 0.25) is 0 Å². The number of halogens is 6. The Labute approximate surface area is 75.4 Å². The molecule has 0 aliphatic carbocycles. The third-order valence-electron chi connectivity index (χ3n) is 0.776. The second-order valence-corrected chi connectivity index (χ2v) is 3.64. The third-order valence-corrected chi connectivity index (χ3v) is 1.61. The van der Waals surface area contributed by atoms with Crippen LogP contribution in [0.3, 0.4) is 0 Å². The van der Waals surface area contributed by atoms with Gasteiger partial charge in [-0.25, -0.2) is 0 Å². The van der Waals surface area contributed by atoms with Crippen molar-refractivity contribution < 1.29 is 18.0 Å². The van der Waals surface area contributed by atoms with E-state index in [2.05, 4.69) is 11.6 Å². The maximum atomic E-state index is 11.7. The second kappa shape index (κ2) is 3.37. The van der Waals surface area contributed by atoms with Gasteiger partial charge in [-0.2, -0.15) is 13.2 Å². The standard InChI is InChI=1S/C4H2Cl3F3O/c5-2(11)1-3(6,7)4(8,9)10/h1H2. The average Bonchev–Trinajstić information content (AvgIpc) is 1.56. The molecule has 0 radical (unpaired) electrons. The van der Waals surface area contributed by atoms with Gasteiger partial charge in [0.05, 0.1) is 6.42 Å². The molecule has 0 aromatic rings. The lowest BCUT2D eigenvalue weighted by atomic mass is 10.3. The largest absolute Gasteiger partial charge is 0.421 e. The van der Waals surface area contributed by atoms with Crippen LogP contribution in [0.15, 0.2) is 0 Å². The van der Waals surface area contributed by atoms with Gasteiger partial charge in [0.2, 0.25) is 9.58 Å². The van der Waals surface area contributed by atoms with Crippen LogP contribution < -0.4 is 0 Å². The summed E-state index contributed by atoms with van der Waals surface area (Å²) < 4.78 is 32.1. The van der Waals surface area contributed by atoms with E-state index in [4.69, 9.17) is 23.2 Å². The Hall–Kier alpha value is 0.330. The van der Waals surface area contributed by atoms with E-state index in [9.17, 15) is 18.0 Å². The number of carbonyl (C=O) groups excluding carboxylic acids is 1. The van der Waals surface area contributed by atoms with Crippen LogP contribution in [0, 0.1) is 0 Å². The van der Waals surface area contributed by atoms with Crippen molar-refractivity contribution in [3.05, 3.63) is 0 Å². The summed E-state index contributed by atoms with van der Waals surface area (Å²) in [6.45, 7) is 0. The van der Waals surface area contributed by atoms with Crippen LogP contribution in [-0.4, -0.2) is 15.8 Å². The zero-order valence-corrected chi connectivity index (χ0v) is 7.15. The molecule has 0 atom stereocenters. The number of hydrogen-bond acceptors (Lipinski definition) is 1. The zero-order valence-electron chi connectivity index (χ0n) is 4.88. The fourth-order valence-corrected chi connectivity index (χ4v) is 0.855. The summed E-state index contributed by atoms with van der Waals surface area (Å²) in [6.07, 6.45) is -6.00. The fourth-order valence-electron chi connectivity index (χ4n) is 0.275. The first kappa shape index (κ1) is 11.3. The molecule has 7 heteroatoms. The highest BCUT2D eigenvalue weighted by atomic mass is 35.5. The first-order valence-corrected chi connectivity index (χ1v) is 3.43. The van der Waals surface area contributed by atoms with E-state index in [1.165, 1.54) is 0 Å². The number of hydrogen-bond donors (Lipinski definition) is 0. The molecule has 0 aromatic heterocycles. The minimum Gasteiger partial charge on any atom is -0.281 e. The molecule has 0 N–H and O–H groups in total. The molecular weight excluding hydrogens is 227 g/mol. The number of alkyl halides is 5. The molecule has 0 aliphatic heterocycles. The Balaban J connectivity index is 4.34. The van der Waals surface area contributed by atoms with Crippen molar-refractivity contribution in [2.24, 2.45) is 0 Å². The Bertz CT molecular complexity index is 164. The molecule has 1 nitrogen and oxygen atoms in total. The van der Waals surface area contributed by atoms with Gasteiger partial charge >= 0.3 is 6.18 Å². The van der Waals surface area contributed by atoms with Crippen LogP contribution in [-0.2, 0) is 4.79 Å². The Morgan fingerprint density at radius 2 is 1.64 bits per heavy atom. The predicted molar refractivity (Wildman–Crippen MR) is 36.0 cm³/mol. The normalized spacial score (nSPS) is 13.3. The molecule has 0 saturated carbocycles. The summed E-state index contributed by atoms with van der Waals surface area (Å²) in [5.74, 6) is 0. The van der Waals surface area contributed by atoms with Crippen molar-refractivity contribution in [1.29, 1.82) is 0 Å². The molecule has 0 saturated heterocycles. The summed E-state index contributed by atoms with van der Waals surface area (Å²) in [6, 6.07) is 0. The Kier molecular flexibility index (Phi) is 3.47. The van der Waals surface area contributed by atoms with E-state index in [-0.39, 0.29) is 0 Å². The molecule has 0 spiro atoms. The molecule has 0 heterocycles. The van der Waals surface area contributed by atoms with Gasteiger partial charge in [0.25, 0.3) is 0 Å². The highest BCUT2D eigenvalue weighted by Gasteiger charge is 2.53. The van der Waals surface area contributed by atoms with Crippen LogP contribution in [0.4, 0.5) is 13.2 Å². The lowest BCUT2D eigenvalue weighted by molar-refractivity contribution is -0.146. The van der Waals surface area contributed by atoms with Crippen molar-refractivity contribution in [3.8, 4) is 0 Å². The van der Waals surface area contributed by atoms with E-state index in [0.717, 1.165) is 0 Å². The van der Waals surface area contributed by atoms with Crippen LogP contribution in [0.5, 0.6) is 0 Å². The molecule has 66 valence electrons.